The lowest BCUT2D eigenvalue weighted by Crippen LogP contribution is -2.29. The number of nitrogens with two attached hydrogens (primary N) is 1. The lowest BCUT2D eigenvalue weighted by atomic mass is 10.2. The maximum atomic E-state index is 11.7. The van der Waals surface area contributed by atoms with Gasteiger partial charge in [-0.15, -0.1) is 0 Å². The normalized spacial score (nSPS) is 23.3. The maximum Gasteiger partial charge on any atom is 0.287 e. The van der Waals surface area contributed by atoms with Crippen molar-refractivity contribution in [3.63, 3.8) is 0 Å². The van der Waals surface area contributed by atoms with Crippen LogP contribution in [0.25, 0.3) is 11.0 Å². The minimum Gasteiger partial charge on any atom is -0.451 e. The molecule has 3 N–H and O–H groups in total. The predicted molar refractivity (Wildman–Crippen MR) is 60.1 cm³/mol. The van der Waals surface area contributed by atoms with Gasteiger partial charge in [0.1, 0.15) is 5.58 Å². The highest BCUT2D eigenvalue weighted by atomic mass is 16.3. The second-order valence-electron chi connectivity index (χ2n) is 4.13. The van der Waals surface area contributed by atoms with E-state index in [1.165, 1.54) is 0 Å². The van der Waals surface area contributed by atoms with Crippen molar-refractivity contribution in [1.29, 1.82) is 0 Å². The fraction of sp³-hybridized carbons (Fsp3) is 0.250. The van der Waals surface area contributed by atoms with Gasteiger partial charge in [0.05, 0.1) is 0 Å². The highest BCUT2D eigenvalue weighted by Crippen LogP contribution is 2.21. The summed E-state index contributed by atoms with van der Waals surface area (Å²) < 4.78 is 5.44. The van der Waals surface area contributed by atoms with Crippen molar-refractivity contribution in [2.75, 3.05) is 0 Å². The van der Waals surface area contributed by atoms with Crippen LogP contribution in [0.1, 0.15) is 17.0 Å². The third kappa shape index (κ3) is 1.57. The Balaban J connectivity index is 1.85. The number of rotatable bonds is 2. The van der Waals surface area contributed by atoms with E-state index in [1.807, 2.05) is 24.3 Å². The van der Waals surface area contributed by atoms with E-state index in [2.05, 4.69) is 5.32 Å². The third-order valence-corrected chi connectivity index (χ3v) is 2.81. The first kappa shape index (κ1) is 9.42. The molecule has 2 atom stereocenters. The first-order valence-corrected chi connectivity index (χ1v) is 5.29. The van der Waals surface area contributed by atoms with Crippen LogP contribution in [0.3, 0.4) is 0 Å². The van der Waals surface area contributed by atoms with Crippen molar-refractivity contribution >= 4 is 16.9 Å². The minimum absolute atomic E-state index is 0.105. The van der Waals surface area contributed by atoms with Crippen molar-refractivity contribution < 1.29 is 9.21 Å². The van der Waals surface area contributed by atoms with Crippen LogP contribution in [-0.2, 0) is 0 Å². The smallest absolute Gasteiger partial charge is 0.287 e. The van der Waals surface area contributed by atoms with Crippen LogP contribution < -0.4 is 11.1 Å². The summed E-state index contributed by atoms with van der Waals surface area (Å²) in [5.41, 5.74) is 6.35. The topological polar surface area (TPSA) is 68.3 Å². The summed E-state index contributed by atoms with van der Waals surface area (Å²) in [6.45, 7) is 0. The van der Waals surface area contributed by atoms with Gasteiger partial charge in [0.2, 0.25) is 0 Å². The average Bonchev–Trinajstić information content (AvgIpc) is 2.82. The van der Waals surface area contributed by atoms with Crippen molar-refractivity contribution in [3.05, 3.63) is 36.1 Å². The fourth-order valence-corrected chi connectivity index (χ4v) is 1.71. The lowest BCUT2D eigenvalue weighted by Gasteiger charge is -1.98. The van der Waals surface area contributed by atoms with Crippen molar-refractivity contribution in [2.24, 2.45) is 5.73 Å². The molecule has 1 fully saturated rings. The SMILES string of the molecule is NC1CC1NC(=O)c1cc2ccccc2o1. The number of furan rings is 1. The summed E-state index contributed by atoms with van der Waals surface area (Å²) in [5.74, 6) is 0.162. The highest BCUT2D eigenvalue weighted by Gasteiger charge is 2.35. The lowest BCUT2D eigenvalue weighted by molar-refractivity contribution is 0.0924. The van der Waals surface area contributed by atoms with E-state index >= 15 is 0 Å². The van der Waals surface area contributed by atoms with Gasteiger partial charge in [-0.2, -0.15) is 0 Å². The van der Waals surface area contributed by atoms with Gasteiger partial charge < -0.3 is 15.5 Å². The molecule has 1 saturated carbocycles. The number of para-hydroxylation sites is 1. The molecule has 4 heteroatoms. The molecule has 1 aliphatic carbocycles. The van der Waals surface area contributed by atoms with Gasteiger partial charge in [-0.05, 0) is 18.6 Å². The zero-order valence-electron chi connectivity index (χ0n) is 8.64. The van der Waals surface area contributed by atoms with Crippen molar-refractivity contribution in [2.45, 2.75) is 18.5 Å². The maximum absolute atomic E-state index is 11.7. The third-order valence-electron chi connectivity index (χ3n) is 2.81. The Bertz CT molecular complexity index is 514. The predicted octanol–water partition coefficient (Wildman–Crippen LogP) is 1.26. The van der Waals surface area contributed by atoms with Gasteiger partial charge in [-0.3, -0.25) is 4.79 Å². The van der Waals surface area contributed by atoms with Crippen LogP contribution in [0, 0.1) is 0 Å². The van der Waals surface area contributed by atoms with E-state index in [-0.39, 0.29) is 18.0 Å². The molecule has 82 valence electrons. The number of benzene rings is 1. The van der Waals surface area contributed by atoms with Crippen LogP contribution in [0.4, 0.5) is 0 Å². The zero-order chi connectivity index (χ0) is 11.1. The van der Waals surface area contributed by atoms with E-state index in [0.717, 1.165) is 17.4 Å². The largest absolute Gasteiger partial charge is 0.451 e. The second-order valence-corrected chi connectivity index (χ2v) is 4.13. The monoisotopic (exact) mass is 216 g/mol. The molecule has 1 heterocycles. The Labute approximate surface area is 92.4 Å². The van der Waals surface area contributed by atoms with Crippen molar-refractivity contribution in [3.8, 4) is 0 Å². The van der Waals surface area contributed by atoms with Gasteiger partial charge in [0.15, 0.2) is 5.76 Å². The molecule has 1 aliphatic rings. The summed E-state index contributed by atoms with van der Waals surface area (Å²) in [7, 11) is 0. The molecule has 4 nitrogen and oxygen atoms in total. The first-order chi connectivity index (χ1) is 7.74. The van der Waals surface area contributed by atoms with Crippen LogP contribution in [0.5, 0.6) is 0 Å². The van der Waals surface area contributed by atoms with Gasteiger partial charge in [0, 0.05) is 17.5 Å². The number of nitrogens with one attached hydrogen (secondary N) is 1. The number of carbonyl (C=O) groups excluding carboxylic acids is 1. The molecule has 0 radical (unpaired) electrons. The molecule has 1 amide bonds. The molecule has 1 aromatic carbocycles. The Hall–Kier alpha value is -1.81. The number of amides is 1. The van der Waals surface area contributed by atoms with Gasteiger partial charge in [0.25, 0.3) is 5.91 Å². The molecule has 3 rings (SSSR count). The van der Waals surface area contributed by atoms with Gasteiger partial charge in [-0.25, -0.2) is 0 Å². The quantitative estimate of drug-likeness (QED) is 0.794. The molecule has 0 aliphatic heterocycles. The highest BCUT2D eigenvalue weighted by molar-refractivity contribution is 5.96. The number of fused-ring (bicyclic) bond motifs is 1. The summed E-state index contributed by atoms with van der Waals surface area (Å²) in [6.07, 6.45) is 0.853. The van der Waals surface area contributed by atoms with Crippen LogP contribution in [0.15, 0.2) is 34.7 Å². The van der Waals surface area contributed by atoms with E-state index in [4.69, 9.17) is 10.2 Å². The molecule has 16 heavy (non-hydrogen) atoms. The second kappa shape index (κ2) is 3.35. The van der Waals surface area contributed by atoms with Gasteiger partial charge >= 0.3 is 0 Å². The molecule has 0 bridgehead atoms. The van der Waals surface area contributed by atoms with Crippen LogP contribution in [0.2, 0.25) is 0 Å². The summed E-state index contributed by atoms with van der Waals surface area (Å²) in [5, 5.41) is 3.76. The fourth-order valence-electron chi connectivity index (χ4n) is 1.71. The molecular weight excluding hydrogens is 204 g/mol. The average molecular weight is 216 g/mol. The van der Waals surface area contributed by atoms with E-state index in [0.29, 0.717) is 5.76 Å². The first-order valence-electron chi connectivity index (χ1n) is 5.29. The van der Waals surface area contributed by atoms with E-state index in [1.54, 1.807) is 6.07 Å². The van der Waals surface area contributed by atoms with E-state index < -0.39 is 0 Å². The van der Waals surface area contributed by atoms with E-state index in [9.17, 15) is 4.79 Å². The van der Waals surface area contributed by atoms with Crippen molar-refractivity contribution in [1.82, 2.24) is 5.32 Å². The minimum atomic E-state index is -0.186. The Morgan fingerprint density at radius 2 is 2.19 bits per heavy atom. The Morgan fingerprint density at radius 3 is 2.88 bits per heavy atom. The standard InChI is InChI=1S/C12H12N2O2/c13-8-6-9(8)14-12(15)11-5-7-3-1-2-4-10(7)16-11/h1-5,8-9H,6,13H2,(H,14,15). The number of hydrogen-bond donors (Lipinski definition) is 2. The molecule has 2 aromatic rings. The molecule has 0 spiro atoms. The van der Waals surface area contributed by atoms with Crippen LogP contribution >= 0.6 is 0 Å². The number of carbonyl (C=O) groups is 1. The summed E-state index contributed by atoms with van der Waals surface area (Å²) in [6, 6.07) is 9.52. The zero-order valence-corrected chi connectivity index (χ0v) is 8.64. The number of hydrogen-bond acceptors (Lipinski definition) is 3. The molecular formula is C12H12N2O2. The van der Waals surface area contributed by atoms with Gasteiger partial charge in [-0.1, -0.05) is 18.2 Å². The summed E-state index contributed by atoms with van der Waals surface area (Å²) >= 11 is 0. The molecule has 0 saturated heterocycles. The summed E-state index contributed by atoms with van der Waals surface area (Å²) in [4.78, 5) is 11.7. The molecule has 1 aromatic heterocycles. The Kier molecular flexibility index (Phi) is 1.97. The molecule has 2 unspecified atom stereocenters. The Morgan fingerprint density at radius 1 is 1.44 bits per heavy atom. The van der Waals surface area contributed by atoms with Crippen LogP contribution in [-0.4, -0.2) is 18.0 Å².